The van der Waals surface area contributed by atoms with Crippen molar-refractivity contribution >= 4 is 0 Å². The summed E-state index contributed by atoms with van der Waals surface area (Å²) in [5.74, 6) is 0.899. The quantitative estimate of drug-likeness (QED) is 0.688. The predicted octanol–water partition coefficient (Wildman–Crippen LogP) is 0.753. The van der Waals surface area contributed by atoms with Crippen LogP contribution in [0.2, 0.25) is 0 Å². The molecule has 0 saturated carbocycles. The number of benzene rings is 1. The minimum absolute atomic E-state index is 0.228. The number of hydrogen-bond donors (Lipinski definition) is 3. The predicted molar refractivity (Wildman–Crippen MR) is 55.1 cm³/mol. The highest BCUT2D eigenvalue weighted by Crippen LogP contribution is 2.16. The maximum atomic E-state index is 9.28. The van der Waals surface area contributed by atoms with E-state index in [0.717, 1.165) is 5.56 Å². The third-order valence-electron chi connectivity index (χ3n) is 2.15. The van der Waals surface area contributed by atoms with Gasteiger partial charge in [-0.2, -0.15) is 5.10 Å². The topological polar surface area (TPSA) is 87.8 Å². The van der Waals surface area contributed by atoms with Crippen molar-refractivity contribution in [3.63, 3.8) is 0 Å². The smallest absolute Gasteiger partial charge is 0.141 e. The Hall–Kier alpha value is -1.88. The van der Waals surface area contributed by atoms with Gasteiger partial charge < -0.3 is 10.8 Å². The minimum Gasteiger partial charge on any atom is -0.508 e. The summed E-state index contributed by atoms with van der Waals surface area (Å²) >= 11 is 0. The first-order valence-corrected chi connectivity index (χ1v) is 4.64. The zero-order valence-electron chi connectivity index (χ0n) is 8.09. The van der Waals surface area contributed by atoms with E-state index in [-0.39, 0.29) is 11.8 Å². The van der Waals surface area contributed by atoms with Crippen molar-refractivity contribution in [2.24, 2.45) is 5.73 Å². The van der Waals surface area contributed by atoms with Crippen molar-refractivity contribution in [2.45, 2.75) is 12.5 Å². The van der Waals surface area contributed by atoms with Crippen LogP contribution in [0.5, 0.6) is 5.75 Å². The van der Waals surface area contributed by atoms with Crippen LogP contribution in [0.3, 0.4) is 0 Å². The lowest BCUT2D eigenvalue weighted by Gasteiger charge is -2.08. The second kappa shape index (κ2) is 4.10. The molecule has 0 bridgehead atoms. The van der Waals surface area contributed by atoms with Crippen LogP contribution in [0.25, 0.3) is 0 Å². The summed E-state index contributed by atoms with van der Waals surface area (Å²) in [7, 11) is 0. The Morgan fingerprint density at radius 2 is 2.33 bits per heavy atom. The molecule has 5 nitrogen and oxygen atoms in total. The molecule has 1 heterocycles. The lowest BCUT2D eigenvalue weighted by Crippen LogP contribution is -2.14. The number of phenolic OH excluding ortho intramolecular Hbond substituents is 1. The van der Waals surface area contributed by atoms with E-state index in [4.69, 9.17) is 5.73 Å². The highest BCUT2D eigenvalue weighted by Gasteiger charge is 2.09. The molecule has 0 aliphatic heterocycles. The van der Waals surface area contributed by atoms with Gasteiger partial charge in [-0.1, -0.05) is 12.1 Å². The van der Waals surface area contributed by atoms with E-state index in [1.807, 2.05) is 6.07 Å². The van der Waals surface area contributed by atoms with Crippen molar-refractivity contribution < 1.29 is 5.11 Å². The number of hydrogen-bond acceptors (Lipinski definition) is 4. The maximum Gasteiger partial charge on any atom is 0.141 e. The Morgan fingerprint density at radius 3 is 3.00 bits per heavy atom. The average Bonchev–Trinajstić information content (AvgIpc) is 2.70. The molecule has 5 heteroatoms. The Labute approximate surface area is 87.0 Å². The Bertz CT molecular complexity index is 427. The molecule has 2 rings (SSSR count). The second-order valence-electron chi connectivity index (χ2n) is 3.35. The fraction of sp³-hybridized carbons (Fsp3) is 0.200. The lowest BCUT2D eigenvalue weighted by atomic mass is 10.1. The van der Waals surface area contributed by atoms with Crippen LogP contribution >= 0.6 is 0 Å². The van der Waals surface area contributed by atoms with Crippen LogP contribution in [0.4, 0.5) is 0 Å². The average molecular weight is 204 g/mol. The molecular weight excluding hydrogens is 192 g/mol. The van der Waals surface area contributed by atoms with E-state index in [1.165, 1.54) is 6.33 Å². The first-order chi connectivity index (χ1) is 7.25. The molecular formula is C10H12N4O. The van der Waals surface area contributed by atoms with Gasteiger partial charge in [0, 0.05) is 0 Å². The largest absolute Gasteiger partial charge is 0.508 e. The molecule has 0 fully saturated rings. The summed E-state index contributed by atoms with van der Waals surface area (Å²) in [6, 6.07) is 6.79. The zero-order valence-corrected chi connectivity index (χ0v) is 8.09. The van der Waals surface area contributed by atoms with Gasteiger partial charge in [0.1, 0.15) is 17.9 Å². The first kappa shape index (κ1) is 9.67. The second-order valence-corrected chi connectivity index (χ2v) is 3.35. The van der Waals surface area contributed by atoms with Crippen LogP contribution in [0.1, 0.15) is 17.4 Å². The molecule has 2 aromatic rings. The number of nitrogens with one attached hydrogen (secondary N) is 1. The van der Waals surface area contributed by atoms with Crippen molar-refractivity contribution in [1.82, 2.24) is 15.2 Å². The summed E-state index contributed by atoms with van der Waals surface area (Å²) < 4.78 is 0. The van der Waals surface area contributed by atoms with Crippen LogP contribution in [-0.4, -0.2) is 20.3 Å². The molecule has 0 spiro atoms. The van der Waals surface area contributed by atoms with E-state index in [2.05, 4.69) is 15.2 Å². The number of nitrogens with zero attached hydrogens (tertiary/aromatic N) is 2. The van der Waals surface area contributed by atoms with Gasteiger partial charge in [-0.25, -0.2) is 4.98 Å². The van der Waals surface area contributed by atoms with Gasteiger partial charge >= 0.3 is 0 Å². The van der Waals surface area contributed by atoms with Crippen molar-refractivity contribution in [3.8, 4) is 5.75 Å². The summed E-state index contributed by atoms with van der Waals surface area (Å²) in [5.41, 5.74) is 6.88. The lowest BCUT2D eigenvalue weighted by molar-refractivity contribution is 0.474. The highest BCUT2D eigenvalue weighted by molar-refractivity contribution is 5.28. The highest BCUT2D eigenvalue weighted by atomic mass is 16.3. The molecule has 15 heavy (non-hydrogen) atoms. The van der Waals surface area contributed by atoms with Gasteiger partial charge in [-0.3, -0.25) is 5.10 Å². The van der Waals surface area contributed by atoms with Gasteiger partial charge in [-0.05, 0) is 24.1 Å². The summed E-state index contributed by atoms with van der Waals surface area (Å²) in [5, 5.41) is 15.7. The van der Waals surface area contributed by atoms with Gasteiger partial charge in [0.2, 0.25) is 0 Å². The van der Waals surface area contributed by atoms with E-state index in [0.29, 0.717) is 12.2 Å². The molecule has 78 valence electrons. The third kappa shape index (κ3) is 2.32. The Balaban J connectivity index is 2.09. The number of phenols is 1. The van der Waals surface area contributed by atoms with Crippen LogP contribution < -0.4 is 5.73 Å². The van der Waals surface area contributed by atoms with Gasteiger partial charge in [-0.15, -0.1) is 0 Å². The summed E-state index contributed by atoms with van der Waals surface area (Å²) in [4.78, 5) is 3.98. The number of aromatic nitrogens is 3. The van der Waals surface area contributed by atoms with Crippen molar-refractivity contribution in [1.29, 1.82) is 0 Å². The SMILES string of the molecule is NC(Cc1cccc(O)c1)c1ncn[nH]1. The molecule has 0 aliphatic carbocycles. The van der Waals surface area contributed by atoms with E-state index < -0.39 is 0 Å². The Morgan fingerprint density at radius 1 is 1.47 bits per heavy atom. The number of aromatic amines is 1. The standard InChI is InChI=1S/C10H12N4O/c11-9(10-12-6-13-14-10)5-7-2-1-3-8(15)4-7/h1-4,6,9,15H,5,11H2,(H,12,13,14). The molecule has 0 radical (unpaired) electrons. The molecule has 4 N–H and O–H groups in total. The fourth-order valence-electron chi connectivity index (χ4n) is 1.43. The maximum absolute atomic E-state index is 9.28. The van der Waals surface area contributed by atoms with E-state index in [9.17, 15) is 5.11 Å². The molecule has 1 aromatic heterocycles. The zero-order chi connectivity index (χ0) is 10.7. The van der Waals surface area contributed by atoms with Gasteiger partial charge in [0.25, 0.3) is 0 Å². The fourth-order valence-corrected chi connectivity index (χ4v) is 1.43. The number of nitrogens with two attached hydrogens (primary N) is 1. The molecule has 1 atom stereocenters. The molecule has 1 aromatic carbocycles. The van der Waals surface area contributed by atoms with Crippen molar-refractivity contribution in [3.05, 3.63) is 42.0 Å². The van der Waals surface area contributed by atoms with Gasteiger partial charge in [0.15, 0.2) is 0 Å². The molecule has 0 amide bonds. The number of H-pyrrole nitrogens is 1. The van der Waals surface area contributed by atoms with Crippen molar-refractivity contribution in [2.75, 3.05) is 0 Å². The van der Waals surface area contributed by atoms with Crippen LogP contribution in [0, 0.1) is 0 Å². The Kier molecular flexibility index (Phi) is 2.64. The number of aromatic hydroxyl groups is 1. The normalized spacial score (nSPS) is 12.6. The van der Waals surface area contributed by atoms with Crippen LogP contribution in [-0.2, 0) is 6.42 Å². The van der Waals surface area contributed by atoms with Gasteiger partial charge in [0.05, 0.1) is 6.04 Å². The molecule has 0 aliphatic rings. The monoisotopic (exact) mass is 204 g/mol. The van der Waals surface area contributed by atoms with E-state index >= 15 is 0 Å². The summed E-state index contributed by atoms with van der Waals surface area (Å²) in [6.07, 6.45) is 2.04. The van der Waals surface area contributed by atoms with Crippen LogP contribution in [0.15, 0.2) is 30.6 Å². The third-order valence-corrected chi connectivity index (χ3v) is 2.15. The first-order valence-electron chi connectivity index (χ1n) is 4.64. The molecule has 1 unspecified atom stereocenters. The van der Waals surface area contributed by atoms with E-state index in [1.54, 1.807) is 18.2 Å². The minimum atomic E-state index is -0.228. The number of rotatable bonds is 3. The molecule has 0 saturated heterocycles. The summed E-state index contributed by atoms with van der Waals surface area (Å²) in [6.45, 7) is 0.